The maximum absolute atomic E-state index is 12.4. The molecule has 0 radical (unpaired) electrons. The summed E-state index contributed by atoms with van der Waals surface area (Å²) in [7, 11) is -3.68. The molecule has 1 aliphatic rings. The fourth-order valence-corrected chi connectivity index (χ4v) is 3.44. The highest BCUT2D eigenvalue weighted by Gasteiger charge is 2.23. The molecule has 0 bridgehead atoms. The maximum atomic E-state index is 12.4. The first-order valence-electron chi connectivity index (χ1n) is 7.42. The van der Waals surface area contributed by atoms with Crippen molar-refractivity contribution in [2.45, 2.75) is 25.2 Å². The number of benzene rings is 2. The number of nitrogens with one attached hydrogen (secondary N) is 1. The van der Waals surface area contributed by atoms with E-state index < -0.39 is 10.0 Å². The highest BCUT2D eigenvalue weighted by atomic mass is 32.2. The first-order chi connectivity index (χ1) is 11.3. The molecule has 6 nitrogen and oxygen atoms in total. The lowest BCUT2D eigenvalue weighted by Gasteiger charge is -2.14. The predicted molar refractivity (Wildman–Crippen MR) is 93.6 cm³/mol. The molecule has 1 N–H and O–H groups in total. The van der Waals surface area contributed by atoms with Crippen molar-refractivity contribution in [1.29, 1.82) is 0 Å². The Morgan fingerprint density at radius 1 is 1.08 bits per heavy atom. The summed E-state index contributed by atoms with van der Waals surface area (Å²) in [4.78, 5) is 12.1. The number of carbonyl (C=O) groups excluding carboxylic acids is 1. The molecule has 1 heterocycles. The Kier molecular flexibility index (Phi) is 4.11. The lowest BCUT2D eigenvalue weighted by Crippen LogP contribution is -2.20. The summed E-state index contributed by atoms with van der Waals surface area (Å²) in [5.74, 6) is -0.133. The van der Waals surface area contributed by atoms with Crippen molar-refractivity contribution in [1.82, 2.24) is 0 Å². The van der Waals surface area contributed by atoms with Crippen LogP contribution in [0.5, 0.6) is 0 Å². The summed E-state index contributed by atoms with van der Waals surface area (Å²) < 4.78 is 27.4. The van der Waals surface area contributed by atoms with Gasteiger partial charge in [0.2, 0.25) is 0 Å². The van der Waals surface area contributed by atoms with E-state index in [9.17, 15) is 13.2 Å². The third kappa shape index (κ3) is 3.30. The van der Waals surface area contributed by atoms with Crippen LogP contribution in [0.2, 0.25) is 0 Å². The summed E-state index contributed by atoms with van der Waals surface area (Å²) in [5.41, 5.74) is 2.61. The van der Waals surface area contributed by atoms with Gasteiger partial charge in [-0.15, -0.1) is 0 Å². The molecule has 0 spiro atoms. The van der Waals surface area contributed by atoms with Gasteiger partial charge in [0.05, 0.1) is 22.7 Å². The lowest BCUT2D eigenvalue weighted by molar-refractivity contribution is -0.116. The molecule has 0 saturated carbocycles. The van der Waals surface area contributed by atoms with Crippen molar-refractivity contribution in [2.75, 3.05) is 9.73 Å². The van der Waals surface area contributed by atoms with Crippen LogP contribution in [-0.2, 0) is 14.8 Å². The normalized spacial score (nSPS) is 14.7. The molecule has 0 aliphatic carbocycles. The van der Waals surface area contributed by atoms with Crippen LogP contribution < -0.4 is 9.73 Å². The van der Waals surface area contributed by atoms with Gasteiger partial charge in [0.15, 0.2) is 0 Å². The number of nitrogens with zero attached hydrogens (tertiary/aromatic N) is 2. The fourth-order valence-electron chi connectivity index (χ4n) is 2.39. The van der Waals surface area contributed by atoms with Crippen LogP contribution in [0.3, 0.4) is 0 Å². The number of hydrogen-bond donors (Lipinski definition) is 1. The molecule has 1 amide bonds. The van der Waals surface area contributed by atoms with Gasteiger partial charge < -0.3 is 0 Å². The minimum Gasteiger partial charge on any atom is -0.280 e. The van der Waals surface area contributed by atoms with E-state index in [0.717, 1.165) is 11.3 Å². The molecule has 124 valence electrons. The van der Waals surface area contributed by atoms with Crippen molar-refractivity contribution in [3.63, 3.8) is 0 Å². The Bertz CT molecular complexity index is 918. The standard InChI is InChI=1S/C17H17N3O3S/c1-12-6-8-16(9-7-12)24(22,23)19-14-4-3-5-15(11-14)20-17(21)10-13(2)18-20/h3-9,11,19H,10H2,1-2H3. The number of sulfonamides is 1. The van der Waals surface area contributed by atoms with Gasteiger partial charge in [-0.25, -0.2) is 13.4 Å². The second kappa shape index (κ2) is 6.09. The number of rotatable bonds is 4. The Hall–Kier alpha value is -2.67. The average Bonchev–Trinajstić information content (AvgIpc) is 2.86. The van der Waals surface area contributed by atoms with E-state index in [1.54, 1.807) is 55.5 Å². The summed E-state index contributed by atoms with van der Waals surface area (Å²) in [6, 6.07) is 13.2. The smallest absolute Gasteiger partial charge is 0.261 e. The second-order valence-corrected chi connectivity index (χ2v) is 7.37. The Morgan fingerprint density at radius 2 is 1.79 bits per heavy atom. The summed E-state index contributed by atoms with van der Waals surface area (Å²) in [5, 5.41) is 5.46. The van der Waals surface area contributed by atoms with Crippen LogP contribution in [0, 0.1) is 6.92 Å². The quantitative estimate of drug-likeness (QED) is 0.927. The first-order valence-corrected chi connectivity index (χ1v) is 8.90. The number of hydrazone groups is 1. The van der Waals surface area contributed by atoms with Gasteiger partial charge >= 0.3 is 0 Å². The summed E-state index contributed by atoms with van der Waals surface area (Å²) >= 11 is 0. The summed E-state index contributed by atoms with van der Waals surface area (Å²) in [6.45, 7) is 3.67. The van der Waals surface area contributed by atoms with Crippen molar-refractivity contribution < 1.29 is 13.2 Å². The zero-order valence-corrected chi connectivity index (χ0v) is 14.2. The predicted octanol–water partition coefficient (Wildman–Crippen LogP) is 2.91. The number of anilines is 2. The first kappa shape index (κ1) is 16.2. The number of aryl methyl sites for hydroxylation is 1. The minimum atomic E-state index is -3.68. The van der Waals surface area contributed by atoms with Crippen LogP contribution in [0.1, 0.15) is 18.9 Å². The largest absolute Gasteiger partial charge is 0.280 e. The van der Waals surface area contributed by atoms with Crippen LogP contribution in [0.15, 0.2) is 58.5 Å². The van der Waals surface area contributed by atoms with Crippen molar-refractivity contribution in [2.24, 2.45) is 5.10 Å². The molecule has 0 unspecified atom stereocenters. The van der Waals surface area contributed by atoms with Crippen LogP contribution in [-0.4, -0.2) is 20.0 Å². The van der Waals surface area contributed by atoms with Gasteiger partial charge in [0, 0.05) is 5.71 Å². The maximum Gasteiger partial charge on any atom is 0.261 e. The third-order valence-corrected chi connectivity index (χ3v) is 4.99. The van der Waals surface area contributed by atoms with Gasteiger partial charge in [-0.05, 0) is 44.2 Å². The average molecular weight is 343 g/mol. The van der Waals surface area contributed by atoms with E-state index in [4.69, 9.17) is 0 Å². The van der Waals surface area contributed by atoms with Crippen LogP contribution in [0.25, 0.3) is 0 Å². The molecule has 0 atom stereocenters. The van der Waals surface area contributed by atoms with E-state index in [1.807, 2.05) is 6.92 Å². The van der Waals surface area contributed by atoms with Crippen LogP contribution in [0.4, 0.5) is 11.4 Å². The van der Waals surface area contributed by atoms with E-state index in [-0.39, 0.29) is 17.2 Å². The van der Waals surface area contributed by atoms with Gasteiger partial charge in [-0.3, -0.25) is 9.52 Å². The molecule has 2 aromatic rings. The van der Waals surface area contributed by atoms with Gasteiger partial charge in [-0.2, -0.15) is 5.10 Å². The lowest BCUT2D eigenvalue weighted by atomic mass is 10.2. The van der Waals surface area contributed by atoms with E-state index >= 15 is 0 Å². The number of amides is 1. The SMILES string of the molecule is CC1=NN(c2cccc(NS(=O)(=O)c3ccc(C)cc3)c2)C(=O)C1. The van der Waals surface area contributed by atoms with E-state index in [2.05, 4.69) is 9.82 Å². The Labute approximate surface area is 140 Å². The van der Waals surface area contributed by atoms with Crippen molar-refractivity contribution in [3.05, 3.63) is 54.1 Å². The molecule has 0 fully saturated rings. The topological polar surface area (TPSA) is 78.8 Å². The minimum absolute atomic E-state index is 0.133. The van der Waals surface area contributed by atoms with Gasteiger partial charge in [-0.1, -0.05) is 23.8 Å². The molecular weight excluding hydrogens is 326 g/mol. The third-order valence-electron chi connectivity index (χ3n) is 3.59. The Balaban J connectivity index is 1.87. The monoisotopic (exact) mass is 343 g/mol. The fraction of sp³-hybridized carbons (Fsp3) is 0.176. The zero-order valence-electron chi connectivity index (χ0n) is 13.4. The highest BCUT2D eigenvalue weighted by molar-refractivity contribution is 7.92. The molecule has 0 aromatic heterocycles. The Morgan fingerprint density at radius 3 is 2.42 bits per heavy atom. The molecule has 0 saturated heterocycles. The summed E-state index contributed by atoms with van der Waals surface area (Å²) in [6.07, 6.45) is 0.277. The molecular formula is C17H17N3O3S. The molecule has 2 aromatic carbocycles. The molecule has 7 heteroatoms. The molecule has 24 heavy (non-hydrogen) atoms. The van der Waals surface area contributed by atoms with Crippen molar-refractivity contribution >= 4 is 33.0 Å². The van der Waals surface area contributed by atoms with Gasteiger partial charge in [0.1, 0.15) is 0 Å². The van der Waals surface area contributed by atoms with E-state index in [1.165, 1.54) is 5.01 Å². The van der Waals surface area contributed by atoms with Gasteiger partial charge in [0.25, 0.3) is 15.9 Å². The molecule has 1 aliphatic heterocycles. The number of carbonyl (C=O) groups is 1. The number of hydrogen-bond acceptors (Lipinski definition) is 4. The van der Waals surface area contributed by atoms with Crippen LogP contribution >= 0.6 is 0 Å². The molecule has 3 rings (SSSR count). The van der Waals surface area contributed by atoms with Crippen molar-refractivity contribution in [3.8, 4) is 0 Å². The van der Waals surface area contributed by atoms with E-state index in [0.29, 0.717) is 11.4 Å². The highest BCUT2D eigenvalue weighted by Crippen LogP contribution is 2.25. The zero-order chi connectivity index (χ0) is 17.3. The second-order valence-electron chi connectivity index (χ2n) is 5.69.